The third-order valence-corrected chi connectivity index (χ3v) is 6.83. The Morgan fingerprint density at radius 3 is 2.51 bits per heavy atom. The second-order valence-electron chi connectivity index (χ2n) is 9.67. The summed E-state index contributed by atoms with van der Waals surface area (Å²) < 4.78 is 18.1. The molecule has 2 aliphatic heterocycles. The highest BCUT2D eigenvalue weighted by molar-refractivity contribution is 5.95. The lowest BCUT2D eigenvalue weighted by atomic mass is 9.87. The average molecular weight is 482 g/mol. The molecule has 2 aromatic rings. The summed E-state index contributed by atoms with van der Waals surface area (Å²) in [5.74, 6) is 1.84. The van der Waals surface area contributed by atoms with Gasteiger partial charge in [-0.3, -0.25) is 9.59 Å². The van der Waals surface area contributed by atoms with Gasteiger partial charge in [0, 0.05) is 37.8 Å². The first-order valence-corrected chi connectivity index (χ1v) is 12.1. The van der Waals surface area contributed by atoms with Crippen molar-refractivity contribution >= 4 is 17.6 Å². The molecule has 0 radical (unpaired) electrons. The van der Waals surface area contributed by atoms with E-state index in [1.807, 2.05) is 45.0 Å². The highest BCUT2D eigenvalue weighted by atomic mass is 16.5. The third kappa shape index (κ3) is 5.60. The topological polar surface area (TPSA) is 97.9 Å². The molecule has 2 aromatic carbocycles. The number of carbonyl (C=O) groups is 2. The van der Waals surface area contributed by atoms with Crippen LogP contribution in [0.1, 0.15) is 42.5 Å². The molecule has 0 bridgehead atoms. The van der Waals surface area contributed by atoms with Gasteiger partial charge in [0.05, 0.1) is 6.04 Å². The normalized spacial score (nSPS) is 21.5. The van der Waals surface area contributed by atoms with Gasteiger partial charge in [0.25, 0.3) is 0 Å². The molecule has 3 N–H and O–H groups in total. The zero-order valence-corrected chi connectivity index (χ0v) is 21.2. The molecule has 2 atom stereocenters. The van der Waals surface area contributed by atoms with E-state index in [9.17, 15) is 9.59 Å². The molecule has 0 aromatic heterocycles. The van der Waals surface area contributed by atoms with Gasteiger partial charge in [-0.1, -0.05) is 0 Å². The fraction of sp³-hybridized carbons (Fsp3) is 0.481. The van der Waals surface area contributed by atoms with Crippen molar-refractivity contribution in [3.8, 4) is 17.2 Å². The number of benzene rings is 2. The van der Waals surface area contributed by atoms with E-state index in [1.165, 1.54) is 6.92 Å². The number of carbonyl (C=O) groups excluding carboxylic acids is 2. The minimum Gasteiger partial charge on any atom is -0.489 e. The van der Waals surface area contributed by atoms with Gasteiger partial charge in [0.1, 0.15) is 29.5 Å². The molecular weight excluding hydrogens is 446 g/mol. The number of ether oxygens (including phenoxy) is 3. The predicted octanol–water partition coefficient (Wildman–Crippen LogP) is 3.20. The summed E-state index contributed by atoms with van der Waals surface area (Å²) in [5, 5.41) is 9.36. The molecule has 8 nitrogen and oxygen atoms in total. The summed E-state index contributed by atoms with van der Waals surface area (Å²) in [6.07, 6.45) is 1.59. The number of anilines is 1. The number of piperazine rings is 1. The second-order valence-corrected chi connectivity index (χ2v) is 9.67. The first kappa shape index (κ1) is 25.0. The number of amides is 1. The molecule has 2 aliphatic rings. The van der Waals surface area contributed by atoms with Gasteiger partial charge >= 0.3 is 5.97 Å². The quantitative estimate of drug-likeness (QED) is 0.431. The molecule has 0 aliphatic carbocycles. The monoisotopic (exact) mass is 481 g/mol. The van der Waals surface area contributed by atoms with Crippen molar-refractivity contribution in [2.24, 2.45) is 0 Å². The number of nitrogens with one attached hydrogen (secondary N) is 3. The molecule has 2 unspecified atom stereocenters. The van der Waals surface area contributed by atoms with E-state index in [4.69, 9.17) is 14.2 Å². The van der Waals surface area contributed by atoms with Crippen LogP contribution in [0.3, 0.4) is 0 Å². The van der Waals surface area contributed by atoms with E-state index < -0.39 is 5.60 Å². The van der Waals surface area contributed by atoms with Crippen LogP contribution >= 0.6 is 0 Å². The summed E-state index contributed by atoms with van der Waals surface area (Å²) in [6, 6.07) is 7.17. The highest BCUT2D eigenvalue weighted by Gasteiger charge is 2.36. The maximum absolute atomic E-state index is 12.4. The van der Waals surface area contributed by atoms with Gasteiger partial charge in [0.15, 0.2) is 0 Å². The second kappa shape index (κ2) is 10.3. The largest absolute Gasteiger partial charge is 0.489 e. The van der Waals surface area contributed by atoms with Crippen LogP contribution in [0.25, 0.3) is 0 Å². The van der Waals surface area contributed by atoms with Crippen molar-refractivity contribution in [1.29, 1.82) is 0 Å². The molecule has 0 spiro atoms. The third-order valence-electron chi connectivity index (χ3n) is 6.83. The lowest BCUT2D eigenvalue weighted by molar-refractivity contribution is -0.132. The van der Waals surface area contributed by atoms with Crippen molar-refractivity contribution in [3.05, 3.63) is 46.5 Å². The average Bonchev–Trinajstić information content (AvgIpc) is 2.85. The standard InChI is InChI=1S/C27H35N3O5/c1-16-17(2)25-22(18(3)24(16)34-19(4)31)10-11-27(5,35-25)15-33-21-8-6-20(7-9-21)30-26(32)23-14-28-12-13-29-23/h6-9,23,28-29H,10-15H2,1-5H3,(H,30,32). The Bertz CT molecular complexity index is 1110. The van der Waals surface area contributed by atoms with E-state index >= 15 is 0 Å². The Labute approximate surface area is 206 Å². The van der Waals surface area contributed by atoms with Crippen molar-refractivity contribution in [3.63, 3.8) is 0 Å². The molecule has 0 saturated carbocycles. The minimum absolute atomic E-state index is 0.0505. The molecule has 2 heterocycles. The SMILES string of the molecule is CC(=O)Oc1c(C)c(C)c2c(c1C)CCC(C)(COc1ccc(NC(=O)C3CNCCN3)cc1)O2. The Kier molecular flexibility index (Phi) is 7.33. The first-order chi connectivity index (χ1) is 16.7. The molecule has 4 rings (SSSR count). The Hall–Kier alpha value is -3.10. The Morgan fingerprint density at radius 1 is 1.11 bits per heavy atom. The fourth-order valence-corrected chi connectivity index (χ4v) is 4.62. The first-order valence-electron chi connectivity index (χ1n) is 12.1. The van der Waals surface area contributed by atoms with Crippen LogP contribution in [-0.2, 0) is 16.0 Å². The fourth-order valence-electron chi connectivity index (χ4n) is 4.62. The van der Waals surface area contributed by atoms with E-state index in [0.29, 0.717) is 24.7 Å². The zero-order valence-electron chi connectivity index (χ0n) is 21.2. The number of hydrogen-bond acceptors (Lipinski definition) is 7. The van der Waals surface area contributed by atoms with Crippen molar-refractivity contribution in [1.82, 2.24) is 10.6 Å². The molecule has 35 heavy (non-hydrogen) atoms. The predicted molar refractivity (Wildman–Crippen MR) is 135 cm³/mol. The summed E-state index contributed by atoms with van der Waals surface area (Å²) in [4.78, 5) is 24.0. The lowest BCUT2D eigenvalue weighted by Crippen LogP contribution is -2.54. The highest BCUT2D eigenvalue weighted by Crippen LogP contribution is 2.44. The number of hydrogen-bond donors (Lipinski definition) is 3. The van der Waals surface area contributed by atoms with Gasteiger partial charge in [-0.15, -0.1) is 0 Å². The van der Waals surface area contributed by atoms with E-state index in [2.05, 4.69) is 22.9 Å². The maximum Gasteiger partial charge on any atom is 0.308 e. The summed E-state index contributed by atoms with van der Waals surface area (Å²) in [7, 11) is 0. The lowest BCUT2D eigenvalue weighted by Gasteiger charge is -2.37. The molecule has 188 valence electrons. The molecule has 8 heteroatoms. The molecular formula is C27H35N3O5. The summed E-state index contributed by atoms with van der Waals surface area (Å²) in [6.45, 7) is 12.1. The molecule has 1 amide bonds. The van der Waals surface area contributed by atoms with Gasteiger partial charge < -0.3 is 30.2 Å². The Morgan fingerprint density at radius 2 is 1.86 bits per heavy atom. The van der Waals surface area contributed by atoms with Gasteiger partial charge in [0.2, 0.25) is 5.91 Å². The smallest absolute Gasteiger partial charge is 0.308 e. The van der Waals surface area contributed by atoms with Crippen LogP contribution in [0.4, 0.5) is 5.69 Å². The number of rotatable bonds is 6. The van der Waals surface area contributed by atoms with E-state index in [1.54, 1.807) is 0 Å². The van der Waals surface area contributed by atoms with Crippen molar-refractivity contribution < 1.29 is 23.8 Å². The Balaban J connectivity index is 1.39. The van der Waals surface area contributed by atoms with Crippen LogP contribution in [0.5, 0.6) is 17.2 Å². The van der Waals surface area contributed by atoms with Crippen LogP contribution < -0.4 is 30.2 Å². The van der Waals surface area contributed by atoms with Crippen LogP contribution in [0, 0.1) is 20.8 Å². The zero-order chi connectivity index (χ0) is 25.2. The van der Waals surface area contributed by atoms with Crippen LogP contribution in [0.15, 0.2) is 24.3 Å². The van der Waals surface area contributed by atoms with Gasteiger partial charge in [-0.25, -0.2) is 0 Å². The van der Waals surface area contributed by atoms with Gasteiger partial charge in [-0.2, -0.15) is 0 Å². The van der Waals surface area contributed by atoms with Crippen LogP contribution in [0.2, 0.25) is 0 Å². The van der Waals surface area contributed by atoms with Crippen LogP contribution in [-0.4, -0.2) is 49.8 Å². The van der Waals surface area contributed by atoms with E-state index in [0.717, 1.165) is 59.6 Å². The number of esters is 1. The van der Waals surface area contributed by atoms with Crippen molar-refractivity contribution in [2.45, 2.75) is 59.1 Å². The van der Waals surface area contributed by atoms with Gasteiger partial charge in [-0.05, 0) is 81.5 Å². The summed E-state index contributed by atoms with van der Waals surface area (Å²) >= 11 is 0. The van der Waals surface area contributed by atoms with Crippen molar-refractivity contribution in [2.75, 3.05) is 31.6 Å². The minimum atomic E-state index is -0.494. The maximum atomic E-state index is 12.4. The molecule has 1 saturated heterocycles. The number of fused-ring (bicyclic) bond motifs is 1. The summed E-state index contributed by atoms with van der Waals surface area (Å²) in [5.41, 5.74) is 4.18. The molecule has 1 fully saturated rings. The van der Waals surface area contributed by atoms with E-state index in [-0.39, 0.29) is 17.9 Å².